The normalized spacial score (nSPS) is 22.3. The maximum Gasteiger partial charge on any atom is 0.241 e. The Morgan fingerprint density at radius 1 is 1.00 bits per heavy atom. The molecule has 0 unspecified atom stereocenters. The number of nitrogens with zero attached hydrogens (tertiary/aromatic N) is 7. The SMILES string of the molecule is c1cnc2ncc(-c3ccn4nc(N[C@H]5C[C@@H](N6CCOCC6)C5)ncc34)cc2n1. The average Bonchev–Trinajstić information content (AvgIpc) is 3.19. The van der Waals surface area contributed by atoms with Gasteiger partial charge in [0.05, 0.1) is 24.9 Å². The van der Waals surface area contributed by atoms with Crippen molar-refractivity contribution in [3.63, 3.8) is 0 Å². The molecule has 0 atom stereocenters. The topological polar surface area (TPSA) is 93.4 Å². The highest BCUT2D eigenvalue weighted by Gasteiger charge is 2.34. The van der Waals surface area contributed by atoms with E-state index < -0.39 is 0 Å². The minimum atomic E-state index is 0.425. The molecule has 152 valence electrons. The Morgan fingerprint density at radius 3 is 2.77 bits per heavy atom. The van der Waals surface area contributed by atoms with Gasteiger partial charge in [0.1, 0.15) is 5.52 Å². The highest BCUT2D eigenvalue weighted by atomic mass is 16.5. The second-order valence-corrected chi connectivity index (χ2v) is 7.88. The summed E-state index contributed by atoms with van der Waals surface area (Å²) in [6.07, 6.45) is 11.2. The van der Waals surface area contributed by atoms with E-state index in [1.54, 1.807) is 12.4 Å². The predicted molar refractivity (Wildman–Crippen MR) is 112 cm³/mol. The van der Waals surface area contributed by atoms with Crippen LogP contribution in [0.3, 0.4) is 0 Å². The van der Waals surface area contributed by atoms with E-state index in [4.69, 9.17) is 4.74 Å². The Hall–Kier alpha value is -3.17. The summed E-state index contributed by atoms with van der Waals surface area (Å²) >= 11 is 0. The lowest BCUT2D eigenvalue weighted by molar-refractivity contribution is -0.00443. The van der Waals surface area contributed by atoms with Gasteiger partial charge in [-0.1, -0.05) is 0 Å². The van der Waals surface area contributed by atoms with E-state index in [2.05, 4.69) is 35.3 Å². The summed E-state index contributed by atoms with van der Waals surface area (Å²) in [4.78, 5) is 20.1. The first-order chi connectivity index (χ1) is 14.8. The summed E-state index contributed by atoms with van der Waals surface area (Å²) in [5.41, 5.74) is 4.35. The van der Waals surface area contributed by atoms with Crippen molar-refractivity contribution in [1.82, 2.24) is 34.4 Å². The van der Waals surface area contributed by atoms with E-state index in [1.807, 2.05) is 35.2 Å². The molecule has 0 bridgehead atoms. The average molecular weight is 402 g/mol. The smallest absolute Gasteiger partial charge is 0.241 e. The number of anilines is 1. The molecule has 9 nitrogen and oxygen atoms in total. The maximum atomic E-state index is 5.45. The second-order valence-electron chi connectivity index (χ2n) is 7.88. The fraction of sp³-hybridized carbons (Fsp3) is 0.381. The van der Waals surface area contributed by atoms with E-state index in [0.717, 1.165) is 61.3 Å². The van der Waals surface area contributed by atoms with Crippen molar-refractivity contribution in [2.24, 2.45) is 0 Å². The molecule has 5 heterocycles. The van der Waals surface area contributed by atoms with E-state index in [1.165, 1.54) is 0 Å². The van der Waals surface area contributed by atoms with Crippen LogP contribution in [0.5, 0.6) is 0 Å². The van der Waals surface area contributed by atoms with Crippen molar-refractivity contribution in [1.29, 1.82) is 0 Å². The van der Waals surface area contributed by atoms with Crippen LogP contribution in [0.4, 0.5) is 5.95 Å². The molecule has 0 aromatic carbocycles. The van der Waals surface area contributed by atoms with Crippen LogP contribution in [-0.4, -0.2) is 72.8 Å². The summed E-state index contributed by atoms with van der Waals surface area (Å²) in [5, 5.41) is 8.14. The lowest BCUT2D eigenvalue weighted by Crippen LogP contribution is -2.53. The first-order valence-corrected chi connectivity index (χ1v) is 10.3. The predicted octanol–water partition coefficient (Wildman–Crippen LogP) is 2.01. The highest BCUT2D eigenvalue weighted by molar-refractivity contribution is 5.84. The van der Waals surface area contributed by atoms with Gasteiger partial charge < -0.3 is 10.1 Å². The molecule has 30 heavy (non-hydrogen) atoms. The minimum absolute atomic E-state index is 0.425. The molecule has 2 fully saturated rings. The molecule has 0 spiro atoms. The van der Waals surface area contributed by atoms with Gasteiger partial charge >= 0.3 is 0 Å². The van der Waals surface area contributed by atoms with Crippen LogP contribution in [-0.2, 0) is 4.74 Å². The number of hydrogen-bond acceptors (Lipinski definition) is 8. The number of hydrogen-bond donors (Lipinski definition) is 1. The Balaban J connectivity index is 1.18. The van der Waals surface area contributed by atoms with Gasteiger partial charge in [-0.15, -0.1) is 5.10 Å². The summed E-state index contributed by atoms with van der Waals surface area (Å²) in [6.45, 7) is 3.79. The van der Waals surface area contributed by atoms with Crippen molar-refractivity contribution in [2.45, 2.75) is 24.9 Å². The number of pyridine rings is 1. The van der Waals surface area contributed by atoms with Crippen molar-refractivity contribution in [3.8, 4) is 11.1 Å². The Kier molecular flexibility index (Phi) is 4.28. The second kappa shape index (κ2) is 7.26. The molecular weight excluding hydrogens is 380 g/mol. The first kappa shape index (κ1) is 17.7. The molecule has 2 aliphatic rings. The van der Waals surface area contributed by atoms with E-state index in [0.29, 0.717) is 23.7 Å². The molecule has 1 N–H and O–H groups in total. The van der Waals surface area contributed by atoms with Gasteiger partial charge in [-0.3, -0.25) is 9.88 Å². The van der Waals surface area contributed by atoms with Gasteiger partial charge in [-0.2, -0.15) is 0 Å². The lowest BCUT2D eigenvalue weighted by atomic mass is 9.85. The highest BCUT2D eigenvalue weighted by Crippen LogP contribution is 2.29. The van der Waals surface area contributed by atoms with Gasteiger partial charge in [0, 0.05) is 61.1 Å². The van der Waals surface area contributed by atoms with Crippen molar-refractivity contribution < 1.29 is 4.74 Å². The summed E-state index contributed by atoms with van der Waals surface area (Å²) in [6, 6.07) is 5.10. The molecule has 6 rings (SSSR count). The summed E-state index contributed by atoms with van der Waals surface area (Å²) in [7, 11) is 0. The Bertz CT molecular complexity index is 1200. The standard InChI is InChI=1S/C21H22N8O/c1-4-29-19(17(1)14-9-18-20(24-12-14)23-3-2-22-18)13-25-21(27-29)26-15-10-16(11-15)28-5-7-30-8-6-28/h1-4,9,12-13,15-16H,5-8,10-11H2,(H,26,27)/t15-,16+. The zero-order chi connectivity index (χ0) is 19.9. The third kappa shape index (κ3) is 3.16. The number of aromatic nitrogens is 6. The van der Waals surface area contributed by atoms with Gasteiger partial charge in [0.15, 0.2) is 5.65 Å². The van der Waals surface area contributed by atoms with Crippen LogP contribution in [0.25, 0.3) is 27.8 Å². The van der Waals surface area contributed by atoms with Gasteiger partial charge in [0.2, 0.25) is 5.95 Å². The Labute approximate surface area is 173 Å². The first-order valence-electron chi connectivity index (χ1n) is 10.3. The molecule has 1 aliphatic carbocycles. The van der Waals surface area contributed by atoms with E-state index in [-0.39, 0.29) is 0 Å². The third-order valence-electron chi connectivity index (χ3n) is 6.06. The van der Waals surface area contributed by atoms with Crippen LogP contribution < -0.4 is 5.32 Å². The van der Waals surface area contributed by atoms with Crippen LogP contribution in [0.2, 0.25) is 0 Å². The molecule has 1 saturated heterocycles. The zero-order valence-electron chi connectivity index (χ0n) is 16.5. The monoisotopic (exact) mass is 402 g/mol. The fourth-order valence-electron chi connectivity index (χ4n) is 4.34. The molecule has 1 aliphatic heterocycles. The fourth-order valence-corrected chi connectivity index (χ4v) is 4.34. The number of nitrogens with one attached hydrogen (secondary N) is 1. The van der Waals surface area contributed by atoms with E-state index >= 15 is 0 Å². The number of rotatable bonds is 4. The zero-order valence-corrected chi connectivity index (χ0v) is 16.5. The molecule has 4 aromatic heterocycles. The lowest BCUT2D eigenvalue weighted by Gasteiger charge is -2.44. The van der Waals surface area contributed by atoms with Crippen LogP contribution in [0.15, 0.2) is 43.1 Å². The molecule has 4 aromatic rings. The third-order valence-corrected chi connectivity index (χ3v) is 6.06. The molecule has 0 radical (unpaired) electrons. The molecular formula is C21H22N8O. The summed E-state index contributed by atoms with van der Waals surface area (Å²) < 4.78 is 7.31. The number of ether oxygens (including phenoxy) is 1. The molecule has 0 amide bonds. The quantitative estimate of drug-likeness (QED) is 0.554. The van der Waals surface area contributed by atoms with Crippen LogP contribution in [0.1, 0.15) is 12.8 Å². The largest absolute Gasteiger partial charge is 0.379 e. The summed E-state index contributed by atoms with van der Waals surface area (Å²) in [5.74, 6) is 0.664. The van der Waals surface area contributed by atoms with Crippen molar-refractivity contribution >= 4 is 22.6 Å². The number of fused-ring (bicyclic) bond motifs is 2. The maximum absolute atomic E-state index is 5.45. The van der Waals surface area contributed by atoms with Crippen LogP contribution in [0, 0.1) is 0 Å². The minimum Gasteiger partial charge on any atom is -0.379 e. The van der Waals surface area contributed by atoms with Crippen LogP contribution >= 0.6 is 0 Å². The Morgan fingerprint density at radius 2 is 1.87 bits per heavy atom. The van der Waals surface area contributed by atoms with Crippen molar-refractivity contribution in [2.75, 3.05) is 31.6 Å². The molecule has 9 heteroatoms. The number of morpholine rings is 1. The van der Waals surface area contributed by atoms with Gasteiger partial charge in [0.25, 0.3) is 0 Å². The van der Waals surface area contributed by atoms with Crippen molar-refractivity contribution in [3.05, 3.63) is 43.1 Å². The van der Waals surface area contributed by atoms with E-state index in [9.17, 15) is 0 Å². The van der Waals surface area contributed by atoms with Gasteiger partial charge in [-0.25, -0.2) is 19.5 Å². The van der Waals surface area contributed by atoms with Gasteiger partial charge in [-0.05, 0) is 25.0 Å². The molecule has 1 saturated carbocycles.